The lowest BCUT2D eigenvalue weighted by molar-refractivity contribution is 0.359. The number of aromatic nitrogens is 2. The third kappa shape index (κ3) is 4.21. The summed E-state index contributed by atoms with van der Waals surface area (Å²) < 4.78 is 15.5. The van der Waals surface area contributed by atoms with Crippen molar-refractivity contribution in [1.82, 2.24) is 9.55 Å². The number of hydrogen-bond donors (Lipinski definition) is 0. The highest BCUT2D eigenvalue weighted by atomic mass is 16.6. The number of fused-ring (bicyclic) bond motifs is 15. The molecule has 0 unspecified atom stereocenters. The Morgan fingerprint density at radius 3 is 1.72 bits per heavy atom. The zero-order valence-corrected chi connectivity index (χ0v) is 31.2. The standard InChI is InChI=1S/C54H32N2O2/c1-4-14-43-37(11-1)38-12-2-5-15-44(38)54(43)45-30-35(22-26-39(45)41-31-52-53(32-46(41)54)58-51-19-8-7-18-50(51)57-52)34-23-27-49-42(29-34)40-13-3-6-17-48(40)56(49)36-24-20-33(21-25-36)47-16-9-10-28-55-47/h1-32H. The van der Waals surface area contributed by atoms with Gasteiger partial charge >= 0.3 is 0 Å². The fraction of sp³-hybridized carbons (Fsp3) is 0.0185. The molecule has 0 atom stereocenters. The summed E-state index contributed by atoms with van der Waals surface area (Å²) >= 11 is 0. The van der Waals surface area contributed by atoms with Gasteiger partial charge in [-0.25, -0.2) is 0 Å². The largest absolute Gasteiger partial charge is 0.450 e. The van der Waals surface area contributed by atoms with Crippen LogP contribution in [0.4, 0.5) is 0 Å². The van der Waals surface area contributed by atoms with Gasteiger partial charge in [-0.05, 0) is 128 Å². The summed E-state index contributed by atoms with van der Waals surface area (Å²) in [6.45, 7) is 0. The average molecular weight is 741 g/mol. The van der Waals surface area contributed by atoms with Crippen molar-refractivity contribution in [1.29, 1.82) is 0 Å². The molecule has 0 radical (unpaired) electrons. The second kappa shape index (κ2) is 11.7. The van der Waals surface area contributed by atoms with E-state index in [1.807, 2.05) is 42.6 Å². The monoisotopic (exact) mass is 740 g/mol. The molecule has 0 saturated heterocycles. The van der Waals surface area contributed by atoms with E-state index in [4.69, 9.17) is 9.47 Å². The first-order valence-corrected chi connectivity index (χ1v) is 19.8. The van der Waals surface area contributed by atoms with E-state index in [2.05, 4.69) is 161 Å². The summed E-state index contributed by atoms with van der Waals surface area (Å²) in [6, 6.07) is 67.7. The van der Waals surface area contributed by atoms with E-state index >= 15 is 0 Å². The summed E-state index contributed by atoms with van der Waals surface area (Å²) in [5.41, 5.74) is 17.3. The summed E-state index contributed by atoms with van der Waals surface area (Å²) in [6.07, 6.45) is 1.84. The Morgan fingerprint density at radius 2 is 0.966 bits per heavy atom. The summed E-state index contributed by atoms with van der Waals surface area (Å²) in [7, 11) is 0. The molecular formula is C54H32N2O2. The van der Waals surface area contributed by atoms with Crippen molar-refractivity contribution in [2.45, 2.75) is 5.41 Å². The maximum absolute atomic E-state index is 6.58. The normalized spacial score (nSPS) is 13.6. The van der Waals surface area contributed by atoms with Gasteiger partial charge in [0.15, 0.2) is 23.0 Å². The van der Waals surface area contributed by atoms with Crippen molar-refractivity contribution in [2.75, 3.05) is 0 Å². The van der Waals surface area contributed by atoms with Crippen molar-refractivity contribution < 1.29 is 9.47 Å². The molecular weight excluding hydrogens is 709 g/mol. The maximum Gasteiger partial charge on any atom is 0.170 e. The first kappa shape index (κ1) is 31.5. The van der Waals surface area contributed by atoms with Gasteiger partial charge < -0.3 is 14.0 Å². The van der Waals surface area contributed by atoms with Crippen LogP contribution in [0.15, 0.2) is 194 Å². The van der Waals surface area contributed by atoms with Gasteiger partial charge in [0.05, 0.1) is 22.1 Å². The molecule has 1 aliphatic heterocycles. The molecule has 10 aromatic rings. The highest BCUT2D eigenvalue weighted by molar-refractivity contribution is 6.10. The van der Waals surface area contributed by atoms with Gasteiger partial charge in [-0.3, -0.25) is 4.98 Å². The quantitative estimate of drug-likeness (QED) is 0.181. The van der Waals surface area contributed by atoms with E-state index in [0.717, 1.165) is 39.9 Å². The Morgan fingerprint density at radius 1 is 0.379 bits per heavy atom. The van der Waals surface area contributed by atoms with Crippen LogP contribution < -0.4 is 9.47 Å². The number of hydrogen-bond acceptors (Lipinski definition) is 3. The van der Waals surface area contributed by atoms with Crippen molar-refractivity contribution in [3.05, 3.63) is 217 Å². The van der Waals surface area contributed by atoms with Crippen LogP contribution in [0.1, 0.15) is 22.3 Å². The zero-order chi connectivity index (χ0) is 38.0. The molecule has 2 aliphatic carbocycles. The van der Waals surface area contributed by atoms with E-state index in [9.17, 15) is 0 Å². The summed E-state index contributed by atoms with van der Waals surface area (Å²) in [5, 5.41) is 2.45. The minimum Gasteiger partial charge on any atom is -0.450 e. The Kier molecular flexibility index (Phi) is 6.34. The molecule has 270 valence electrons. The Labute approximate surface area is 334 Å². The number of rotatable bonds is 3. The minimum absolute atomic E-state index is 0.537. The maximum atomic E-state index is 6.58. The number of para-hydroxylation sites is 3. The van der Waals surface area contributed by atoms with Gasteiger partial charge in [-0.1, -0.05) is 115 Å². The van der Waals surface area contributed by atoms with Crippen LogP contribution in [0.5, 0.6) is 23.0 Å². The van der Waals surface area contributed by atoms with E-state index in [1.165, 1.54) is 77.4 Å². The van der Waals surface area contributed by atoms with E-state index in [1.54, 1.807) is 0 Å². The third-order valence-electron chi connectivity index (χ3n) is 12.5. The molecule has 58 heavy (non-hydrogen) atoms. The fourth-order valence-electron chi connectivity index (χ4n) is 10.1. The smallest absolute Gasteiger partial charge is 0.170 e. The van der Waals surface area contributed by atoms with Crippen LogP contribution >= 0.6 is 0 Å². The predicted octanol–water partition coefficient (Wildman–Crippen LogP) is 13.8. The lowest BCUT2D eigenvalue weighted by atomic mass is 9.70. The van der Waals surface area contributed by atoms with E-state index in [0.29, 0.717) is 0 Å². The first-order valence-electron chi connectivity index (χ1n) is 19.8. The molecule has 4 heteroatoms. The van der Waals surface area contributed by atoms with E-state index in [-0.39, 0.29) is 0 Å². The van der Waals surface area contributed by atoms with Crippen LogP contribution in [-0.2, 0) is 5.41 Å². The predicted molar refractivity (Wildman–Crippen MR) is 232 cm³/mol. The number of benzene rings is 8. The molecule has 0 N–H and O–H groups in total. The molecule has 4 nitrogen and oxygen atoms in total. The van der Waals surface area contributed by atoms with E-state index < -0.39 is 5.41 Å². The van der Waals surface area contributed by atoms with Crippen LogP contribution in [0, 0.1) is 0 Å². The second-order valence-electron chi connectivity index (χ2n) is 15.4. The Balaban J connectivity index is 1.00. The van der Waals surface area contributed by atoms with Gasteiger partial charge in [0.1, 0.15) is 0 Å². The zero-order valence-electron chi connectivity index (χ0n) is 31.2. The average Bonchev–Trinajstić information content (AvgIpc) is 3.89. The third-order valence-corrected chi connectivity index (χ3v) is 12.5. The highest BCUT2D eigenvalue weighted by Crippen LogP contribution is 2.65. The van der Waals surface area contributed by atoms with Gasteiger partial charge in [-0.2, -0.15) is 0 Å². The number of ether oxygens (including phenoxy) is 2. The van der Waals surface area contributed by atoms with Crippen molar-refractivity contribution >= 4 is 21.8 Å². The molecule has 8 aromatic carbocycles. The van der Waals surface area contributed by atoms with Crippen LogP contribution in [0.2, 0.25) is 0 Å². The lowest BCUT2D eigenvalue weighted by Gasteiger charge is -2.31. The molecule has 0 saturated carbocycles. The Hall–Kier alpha value is -7.69. The van der Waals surface area contributed by atoms with Gasteiger partial charge in [0.25, 0.3) is 0 Å². The molecule has 1 spiro atoms. The van der Waals surface area contributed by atoms with Crippen LogP contribution in [0.25, 0.3) is 72.1 Å². The van der Waals surface area contributed by atoms with Crippen molar-refractivity contribution in [2.24, 2.45) is 0 Å². The van der Waals surface area contributed by atoms with Crippen LogP contribution in [-0.4, -0.2) is 9.55 Å². The summed E-state index contributed by atoms with van der Waals surface area (Å²) in [5.74, 6) is 2.93. The number of pyridine rings is 1. The minimum atomic E-state index is -0.537. The van der Waals surface area contributed by atoms with Crippen molar-refractivity contribution in [3.63, 3.8) is 0 Å². The highest BCUT2D eigenvalue weighted by Gasteiger charge is 2.52. The van der Waals surface area contributed by atoms with Gasteiger partial charge in [-0.15, -0.1) is 0 Å². The molecule has 2 aromatic heterocycles. The first-order chi connectivity index (χ1) is 28.7. The molecule has 0 amide bonds. The SMILES string of the molecule is c1ccc(-c2ccc(-n3c4ccccc4c4cc(-c5ccc6c(c5)C5(c7ccccc7-c7ccccc75)c5cc7c(cc5-6)Oc5ccccc5O7)ccc43)cc2)nc1. The molecule has 3 heterocycles. The van der Waals surface area contributed by atoms with Crippen molar-refractivity contribution in [3.8, 4) is 73.3 Å². The molecule has 3 aliphatic rings. The van der Waals surface area contributed by atoms with Gasteiger partial charge in [0, 0.05) is 28.2 Å². The number of nitrogens with zero attached hydrogens (tertiary/aromatic N) is 2. The second-order valence-corrected chi connectivity index (χ2v) is 15.4. The van der Waals surface area contributed by atoms with Crippen LogP contribution in [0.3, 0.4) is 0 Å². The molecule has 0 bridgehead atoms. The summed E-state index contributed by atoms with van der Waals surface area (Å²) in [4.78, 5) is 4.57. The topological polar surface area (TPSA) is 36.3 Å². The lowest BCUT2D eigenvalue weighted by Crippen LogP contribution is -2.26. The molecule has 13 rings (SSSR count). The molecule has 0 fully saturated rings. The fourth-order valence-corrected chi connectivity index (χ4v) is 10.1. The van der Waals surface area contributed by atoms with Gasteiger partial charge in [0.2, 0.25) is 0 Å². The Bertz CT molecular complexity index is 3300.